The molecule has 0 N–H and O–H groups in total. The molecule has 1 aromatic heterocycles. The van der Waals surface area contributed by atoms with Crippen LogP contribution in [0.2, 0.25) is 5.72 Å². The number of pyridine rings is 1. The van der Waals surface area contributed by atoms with Crippen molar-refractivity contribution in [3.8, 4) is 0 Å². The van der Waals surface area contributed by atoms with E-state index in [-0.39, 0.29) is 11.6 Å². The van der Waals surface area contributed by atoms with Crippen molar-refractivity contribution in [2.45, 2.75) is 110 Å². The fourth-order valence-electron chi connectivity index (χ4n) is 4.28. The molecule has 166 valence electrons. The molecule has 0 unspecified atom stereocenters. The van der Waals surface area contributed by atoms with Crippen molar-refractivity contribution in [1.29, 1.82) is 0 Å². The molecule has 30 heavy (non-hydrogen) atoms. The number of aryl methyl sites for hydroxylation is 1. The van der Waals surface area contributed by atoms with Gasteiger partial charge in [0.2, 0.25) is 0 Å². The van der Waals surface area contributed by atoms with Gasteiger partial charge >= 0.3 is 14.2 Å². The van der Waals surface area contributed by atoms with Crippen LogP contribution in [0.1, 0.15) is 86.4 Å². The number of rotatable bonds is 5. The van der Waals surface area contributed by atoms with Crippen molar-refractivity contribution in [2.24, 2.45) is 5.92 Å². The summed E-state index contributed by atoms with van der Waals surface area (Å²) in [7, 11) is -0.918. The maximum atomic E-state index is 6.55. The van der Waals surface area contributed by atoms with Gasteiger partial charge in [0.15, 0.2) is 0 Å². The SMILES string of the molecule is Cc1ccnc([C@@H](C(C)C)C(B2OC(C)(C)C(C)(C)O2)B2OC(C)(C)C(C)(C)O2)c1. The Hall–Kier alpha value is -0.880. The number of hydrogen-bond donors (Lipinski definition) is 0. The van der Waals surface area contributed by atoms with Crippen molar-refractivity contribution < 1.29 is 18.6 Å². The van der Waals surface area contributed by atoms with E-state index in [2.05, 4.69) is 82.2 Å². The first-order chi connectivity index (χ1) is 13.6. The zero-order valence-corrected chi connectivity index (χ0v) is 20.7. The highest BCUT2D eigenvalue weighted by Gasteiger charge is 2.64. The predicted molar refractivity (Wildman–Crippen MR) is 122 cm³/mol. The summed E-state index contributed by atoms with van der Waals surface area (Å²) in [5, 5.41) is 0. The number of hydrogen-bond acceptors (Lipinski definition) is 5. The Kier molecular flexibility index (Phi) is 6.03. The molecule has 2 aliphatic rings. The van der Waals surface area contributed by atoms with E-state index in [4.69, 9.17) is 23.6 Å². The molecule has 0 amide bonds. The quantitative estimate of drug-likeness (QED) is 0.617. The Morgan fingerprint density at radius 2 is 1.17 bits per heavy atom. The molecule has 3 heterocycles. The molecule has 0 spiro atoms. The first kappa shape index (κ1) is 23.8. The lowest BCUT2D eigenvalue weighted by Crippen LogP contribution is -2.43. The summed E-state index contributed by atoms with van der Waals surface area (Å²) in [6.07, 6.45) is 1.88. The van der Waals surface area contributed by atoms with Crippen LogP contribution >= 0.6 is 0 Å². The van der Waals surface area contributed by atoms with Crippen molar-refractivity contribution in [2.75, 3.05) is 0 Å². The van der Waals surface area contributed by atoms with Gasteiger partial charge in [-0.1, -0.05) is 13.8 Å². The third-order valence-corrected chi connectivity index (χ3v) is 7.58. The van der Waals surface area contributed by atoms with Crippen LogP contribution in [0.3, 0.4) is 0 Å². The van der Waals surface area contributed by atoms with Crippen molar-refractivity contribution in [3.63, 3.8) is 0 Å². The van der Waals surface area contributed by atoms with Crippen LogP contribution in [-0.4, -0.2) is 41.6 Å². The molecule has 0 bridgehead atoms. The molecule has 2 fully saturated rings. The highest BCUT2D eigenvalue weighted by Crippen LogP contribution is 2.51. The molecule has 2 saturated heterocycles. The smallest absolute Gasteiger partial charge is 0.403 e. The van der Waals surface area contributed by atoms with Gasteiger partial charge in [0.05, 0.1) is 22.4 Å². The van der Waals surface area contributed by atoms with Crippen LogP contribution in [0.4, 0.5) is 0 Å². The van der Waals surface area contributed by atoms with E-state index in [9.17, 15) is 0 Å². The fraction of sp³-hybridized carbons (Fsp3) is 0.783. The molecule has 5 nitrogen and oxygen atoms in total. The summed E-state index contributed by atoms with van der Waals surface area (Å²) in [6, 6.07) is 4.19. The Morgan fingerprint density at radius 3 is 1.50 bits per heavy atom. The summed E-state index contributed by atoms with van der Waals surface area (Å²) in [6.45, 7) is 23.2. The van der Waals surface area contributed by atoms with Crippen LogP contribution in [0, 0.1) is 12.8 Å². The normalized spacial score (nSPS) is 25.4. The van der Waals surface area contributed by atoms with E-state index in [1.54, 1.807) is 0 Å². The van der Waals surface area contributed by atoms with Crippen LogP contribution in [-0.2, 0) is 18.6 Å². The van der Waals surface area contributed by atoms with Crippen molar-refractivity contribution >= 4 is 14.2 Å². The van der Waals surface area contributed by atoms with Gasteiger partial charge in [-0.05, 0) is 85.9 Å². The first-order valence-corrected chi connectivity index (χ1v) is 11.2. The summed E-state index contributed by atoms with van der Waals surface area (Å²) in [4.78, 5) is 4.75. The minimum Gasteiger partial charge on any atom is -0.403 e. The lowest BCUT2D eigenvalue weighted by Gasteiger charge is -2.32. The average Bonchev–Trinajstić information content (AvgIpc) is 2.91. The molecular weight excluding hydrogens is 376 g/mol. The Morgan fingerprint density at radius 1 is 0.767 bits per heavy atom. The van der Waals surface area contributed by atoms with Crippen molar-refractivity contribution in [3.05, 3.63) is 29.6 Å². The molecule has 1 atom stereocenters. The molecule has 3 rings (SSSR count). The second kappa shape index (κ2) is 7.61. The average molecular weight is 415 g/mol. The van der Waals surface area contributed by atoms with Gasteiger partial charge in [-0.15, -0.1) is 0 Å². The van der Waals surface area contributed by atoms with E-state index in [0.717, 1.165) is 5.69 Å². The lowest BCUT2D eigenvalue weighted by atomic mass is 9.45. The fourth-order valence-corrected chi connectivity index (χ4v) is 4.28. The Balaban J connectivity index is 2.08. The third-order valence-electron chi connectivity index (χ3n) is 7.58. The standard InChI is InChI=1S/C23H39B2NO4/c1-15(2)18(17-14-16(3)12-13-26-17)19(24-27-20(4,5)21(6,7)28-24)25-29-22(8,9)23(10,11)30-25/h12-15,18-19H,1-11H3/t18-/m1/s1. The lowest BCUT2D eigenvalue weighted by molar-refractivity contribution is 0.00578. The van der Waals surface area contributed by atoms with Crippen LogP contribution < -0.4 is 0 Å². The number of nitrogens with zero attached hydrogens (tertiary/aromatic N) is 1. The largest absolute Gasteiger partial charge is 0.459 e. The van der Waals surface area contributed by atoms with Gasteiger partial charge in [-0.3, -0.25) is 4.98 Å². The van der Waals surface area contributed by atoms with Gasteiger partial charge in [-0.25, -0.2) is 0 Å². The minimum absolute atomic E-state index is 0.0503. The molecular formula is C23H39B2NO4. The van der Waals surface area contributed by atoms with Crippen molar-refractivity contribution in [1.82, 2.24) is 4.98 Å². The summed E-state index contributed by atoms with van der Waals surface area (Å²) in [5.74, 6) is 0.344. The monoisotopic (exact) mass is 415 g/mol. The second-order valence-corrected chi connectivity index (χ2v) is 11.4. The topological polar surface area (TPSA) is 49.8 Å². The summed E-state index contributed by atoms with van der Waals surface area (Å²) < 4.78 is 26.2. The van der Waals surface area contributed by atoms with E-state index in [1.807, 2.05) is 12.3 Å². The van der Waals surface area contributed by atoms with E-state index >= 15 is 0 Å². The highest BCUT2D eigenvalue weighted by molar-refractivity contribution is 6.68. The van der Waals surface area contributed by atoms with Gasteiger partial charge in [0.25, 0.3) is 0 Å². The molecule has 1 aromatic rings. The molecule has 0 aromatic carbocycles. The summed E-state index contributed by atoms with van der Waals surface area (Å²) in [5.41, 5.74) is 0.331. The maximum absolute atomic E-state index is 6.55. The molecule has 0 aliphatic carbocycles. The molecule has 0 radical (unpaired) electrons. The second-order valence-electron chi connectivity index (χ2n) is 11.4. The van der Waals surface area contributed by atoms with E-state index < -0.39 is 36.6 Å². The molecule has 2 aliphatic heterocycles. The van der Waals surface area contributed by atoms with Gasteiger partial charge < -0.3 is 18.6 Å². The first-order valence-electron chi connectivity index (χ1n) is 11.2. The van der Waals surface area contributed by atoms with E-state index in [1.165, 1.54) is 5.56 Å². The zero-order chi connectivity index (χ0) is 22.7. The maximum Gasteiger partial charge on any atom is 0.459 e. The van der Waals surface area contributed by atoms with Gasteiger partial charge in [0.1, 0.15) is 0 Å². The molecule has 0 saturated carbocycles. The third kappa shape index (κ3) is 4.11. The van der Waals surface area contributed by atoms with Crippen LogP contribution in [0.5, 0.6) is 0 Å². The van der Waals surface area contributed by atoms with Crippen LogP contribution in [0.25, 0.3) is 0 Å². The van der Waals surface area contributed by atoms with E-state index in [0.29, 0.717) is 5.92 Å². The van der Waals surface area contributed by atoms with Gasteiger partial charge in [0, 0.05) is 23.5 Å². The summed E-state index contributed by atoms with van der Waals surface area (Å²) >= 11 is 0. The Bertz CT molecular complexity index is 710. The van der Waals surface area contributed by atoms with Gasteiger partial charge in [-0.2, -0.15) is 0 Å². The number of aromatic nitrogens is 1. The zero-order valence-electron chi connectivity index (χ0n) is 20.7. The van der Waals surface area contributed by atoms with Crippen LogP contribution in [0.15, 0.2) is 18.3 Å². The minimum atomic E-state index is -0.459. The highest BCUT2D eigenvalue weighted by atomic mass is 16.7. The Labute approximate surface area is 183 Å². The molecule has 7 heteroatoms. The predicted octanol–water partition coefficient (Wildman–Crippen LogP) is 5.22.